The number of allylic oxidation sites excluding steroid dienone is 10. The molecular weight excluding hydrogens is 1160 g/mol. The topological polar surface area (TPSA) is 364 Å². The Morgan fingerprint density at radius 2 is 1.27 bits per heavy atom. The maximum Gasteiger partial charge on any atom is 0.481 e. The highest BCUT2D eigenvalue weighted by Gasteiger charge is 2.50. The van der Waals surface area contributed by atoms with Crippen LogP contribution in [0, 0.1) is 5.41 Å². The average molecular weight is 1250 g/mol. The van der Waals surface area contributed by atoms with Crippen LogP contribution in [0.25, 0.3) is 11.2 Å². The number of phosphoric acid groups is 3. The van der Waals surface area contributed by atoms with Gasteiger partial charge in [-0.2, -0.15) is 4.31 Å². The number of nitrogens with zero attached hydrogens (tertiary/aromatic N) is 4. The van der Waals surface area contributed by atoms with E-state index in [1.54, 1.807) is 0 Å². The van der Waals surface area contributed by atoms with Crippen molar-refractivity contribution in [1.82, 2.24) is 30.2 Å². The normalized spacial score (nSPS) is 19.0. The second-order valence-electron chi connectivity index (χ2n) is 20.8. The van der Waals surface area contributed by atoms with Crippen molar-refractivity contribution in [3.8, 4) is 0 Å². The number of imidazole rings is 1. The van der Waals surface area contributed by atoms with Crippen molar-refractivity contribution in [1.29, 1.82) is 0 Å². The second kappa shape index (κ2) is 40.6. The van der Waals surface area contributed by atoms with Gasteiger partial charge in [0.15, 0.2) is 22.8 Å². The lowest BCUT2D eigenvalue weighted by Crippen LogP contribution is -2.46. The van der Waals surface area contributed by atoms with Gasteiger partial charge in [-0.3, -0.25) is 32.5 Å². The summed E-state index contributed by atoms with van der Waals surface area (Å²) in [7, 11) is -16.4. The van der Waals surface area contributed by atoms with Crippen LogP contribution in [0.4, 0.5) is 5.82 Å². The van der Waals surface area contributed by atoms with Gasteiger partial charge >= 0.3 is 23.5 Å². The Balaban J connectivity index is 1.15. The number of aliphatic hydroxyl groups is 2. The average Bonchev–Trinajstić information content (AvgIpc) is 2.22. The van der Waals surface area contributed by atoms with Gasteiger partial charge in [-0.15, -0.1) is 0 Å². The van der Waals surface area contributed by atoms with Crippen LogP contribution in [-0.4, -0.2) is 123 Å². The van der Waals surface area contributed by atoms with Crippen LogP contribution in [0.15, 0.2) is 73.4 Å². The number of fused-ring (bicyclic) bond motifs is 1. The number of nitrogens with one attached hydrogen (secondary N) is 2. The van der Waals surface area contributed by atoms with E-state index >= 15 is 0 Å². The molecular formula is C55H92N7O17P3S. The van der Waals surface area contributed by atoms with Crippen LogP contribution in [-0.2, 0) is 50.7 Å². The first-order valence-corrected chi connectivity index (χ1v) is 34.4. The molecule has 1 aliphatic rings. The minimum absolute atomic E-state index is 0.0331. The Kier molecular flexibility index (Phi) is 36.0. The third kappa shape index (κ3) is 32.0. The van der Waals surface area contributed by atoms with E-state index < -0.39 is 84.6 Å². The van der Waals surface area contributed by atoms with Crippen molar-refractivity contribution in [2.75, 3.05) is 37.8 Å². The predicted molar refractivity (Wildman–Crippen MR) is 320 cm³/mol. The lowest BCUT2D eigenvalue weighted by Gasteiger charge is -2.30. The number of amides is 2. The van der Waals surface area contributed by atoms with E-state index in [1.807, 2.05) is 0 Å². The molecule has 1 aliphatic heterocycles. The zero-order valence-corrected chi connectivity index (χ0v) is 51.9. The third-order valence-electron chi connectivity index (χ3n) is 13.2. The van der Waals surface area contributed by atoms with Gasteiger partial charge in [0, 0.05) is 37.1 Å². The molecule has 10 N–H and O–H groups in total. The molecule has 0 saturated carbocycles. The molecule has 2 amide bonds. The number of carbonyl (C=O) groups is 3. The van der Waals surface area contributed by atoms with Crippen LogP contribution < -0.4 is 16.4 Å². The first-order valence-electron chi connectivity index (χ1n) is 28.9. The van der Waals surface area contributed by atoms with Crippen molar-refractivity contribution >= 4 is 69.1 Å². The molecule has 2 unspecified atom stereocenters. The van der Waals surface area contributed by atoms with Gasteiger partial charge < -0.3 is 50.9 Å². The van der Waals surface area contributed by atoms with Gasteiger partial charge in [0.2, 0.25) is 11.8 Å². The molecule has 0 aliphatic carbocycles. The Labute approximate surface area is 493 Å². The predicted octanol–water partition coefficient (Wildman–Crippen LogP) is 10.0. The summed E-state index contributed by atoms with van der Waals surface area (Å²) in [5.74, 6) is -1.03. The molecule has 2 aromatic rings. The molecule has 3 heterocycles. The quantitative estimate of drug-likeness (QED) is 0.0169. The van der Waals surface area contributed by atoms with Crippen LogP contribution in [0.5, 0.6) is 0 Å². The fourth-order valence-corrected chi connectivity index (χ4v) is 12.1. The van der Waals surface area contributed by atoms with Gasteiger partial charge in [0.05, 0.1) is 19.5 Å². The molecule has 0 spiro atoms. The van der Waals surface area contributed by atoms with Crippen LogP contribution >= 0.6 is 35.2 Å². The van der Waals surface area contributed by atoms with Gasteiger partial charge in [-0.1, -0.05) is 177 Å². The van der Waals surface area contributed by atoms with Crippen molar-refractivity contribution in [2.24, 2.45) is 5.41 Å². The number of hydrogen-bond donors (Lipinski definition) is 9. The lowest BCUT2D eigenvalue weighted by molar-refractivity contribution is -0.137. The number of anilines is 1. The minimum Gasteiger partial charge on any atom is -0.386 e. The molecule has 7 atom stereocenters. The summed E-state index contributed by atoms with van der Waals surface area (Å²) in [6, 6.07) is 0. The summed E-state index contributed by atoms with van der Waals surface area (Å²) in [5, 5.41) is 26.8. The number of aliphatic hydroxyl groups excluding tert-OH is 2. The number of nitrogens with two attached hydrogens (primary N) is 1. The number of carbonyl (C=O) groups excluding carboxylic acids is 3. The number of rotatable bonds is 46. The smallest absolute Gasteiger partial charge is 0.386 e. The number of thioether (sulfide) groups is 1. The first-order chi connectivity index (χ1) is 39.6. The Morgan fingerprint density at radius 1 is 0.735 bits per heavy atom. The summed E-state index contributed by atoms with van der Waals surface area (Å²) in [5.41, 5.74) is 4.30. The highest BCUT2D eigenvalue weighted by Crippen LogP contribution is 2.61. The minimum atomic E-state index is -5.58. The van der Waals surface area contributed by atoms with Crippen molar-refractivity contribution in [3.05, 3.63) is 73.4 Å². The monoisotopic (exact) mass is 1250 g/mol. The Hall–Kier alpha value is -3.74. The Morgan fingerprint density at radius 3 is 1.83 bits per heavy atom. The summed E-state index contributed by atoms with van der Waals surface area (Å²) >= 11 is 1.16. The van der Waals surface area contributed by atoms with Gasteiger partial charge in [0.1, 0.15) is 36.3 Å². The summed E-state index contributed by atoms with van der Waals surface area (Å²) in [4.78, 5) is 88.8. The molecule has 470 valence electrons. The van der Waals surface area contributed by atoms with E-state index in [0.29, 0.717) is 12.2 Å². The molecule has 83 heavy (non-hydrogen) atoms. The standard InChI is InChI=1S/C55H92N7O17P3S/c1-4-5-6-7-8-9-10-11-12-13-14-15-16-17-18-19-20-21-22-23-24-25-26-27-28-29-30-31-32-33-34-35-46(64)83-39-38-57-45(63)36-37-58-53(67)50(66)55(2,3)41-76-82(73,74)79-81(71,72)75-40-44-49(78-80(68,69)70)48(65)54(77-44)62-43-61-47-51(56)59-42-60-52(47)62/h5-6,8-9,11-12,14-15,17-18,42-44,48-50,54,65-66H,4,7,10,13,16,19-41H2,1-3H3,(H,57,63)(H,58,67)(H,71,72)(H,73,74)(H2,56,59,60)(H2,68,69,70)/b6-5-,9-8-,12-11-,15-14-,18-17-/t44-,48-,49-,50+,54-/m1/s1. The highest BCUT2D eigenvalue weighted by molar-refractivity contribution is 8.13. The van der Waals surface area contributed by atoms with Crippen molar-refractivity contribution in [2.45, 2.75) is 199 Å². The maximum atomic E-state index is 12.8. The Bertz CT molecular complexity index is 2530. The molecule has 3 rings (SSSR count). The number of nitrogen functional groups attached to an aromatic ring is 1. The molecule has 2 aromatic heterocycles. The molecule has 1 saturated heterocycles. The van der Waals surface area contributed by atoms with Crippen LogP contribution in [0.1, 0.15) is 175 Å². The first kappa shape index (κ1) is 73.5. The van der Waals surface area contributed by atoms with Gasteiger partial charge in [-0.05, 0) is 51.4 Å². The van der Waals surface area contributed by atoms with Crippen molar-refractivity contribution < 1.29 is 80.5 Å². The second-order valence-corrected chi connectivity index (χ2v) is 26.2. The third-order valence-corrected chi connectivity index (χ3v) is 17.2. The maximum absolute atomic E-state index is 12.8. The molecule has 28 heteroatoms. The molecule has 24 nitrogen and oxygen atoms in total. The van der Waals surface area contributed by atoms with Gasteiger partial charge in [0.25, 0.3) is 0 Å². The van der Waals surface area contributed by atoms with Crippen LogP contribution in [0.3, 0.4) is 0 Å². The molecule has 0 aromatic carbocycles. The molecule has 0 radical (unpaired) electrons. The van der Waals surface area contributed by atoms with E-state index in [1.165, 1.54) is 97.3 Å². The lowest BCUT2D eigenvalue weighted by atomic mass is 9.87. The number of unbranched alkanes of at least 4 members (excludes halogenated alkanes) is 15. The molecule has 1 fully saturated rings. The molecule has 0 bridgehead atoms. The van der Waals surface area contributed by atoms with E-state index in [4.69, 9.17) is 19.5 Å². The van der Waals surface area contributed by atoms with Crippen LogP contribution in [0.2, 0.25) is 0 Å². The van der Waals surface area contributed by atoms with E-state index in [2.05, 4.69) is 102 Å². The zero-order valence-electron chi connectivity index (χ0n) is 48.4. The van der Waals surface area contributed by atoms with E-state index in [9.17, 15) is 57.9 Å². The van der Waals surface area contributed by atoms with Crippen molar-refractivity contribution in [3.63, 3.8) is 0 Å². The van der Waals surface area contributed by atoms with E-state index in [0.717, 1.165) is 80.4 Å². The fourth-order valence-electron chi connectivity index (χ4n) is 8.57. The summed E-state index contributed by atoms with van der Waals surface area (Å²) < 4.78 is 62.6. The summed E-state index contributed by atoms with van der Waals surface area (Å²) in [6.07, 6.45) is 40.7. The van der Waals surface area contributed by atoms with E-state index in [-0.39, 0.29) is 41.6 Å². The largest absolute Gasteiger partial charge is 0.481 e. The fraction of sp³-hybridized carbons (Fsp3) is 0.673. The highest BCUT2D eigenvalue weighted by atomic mass is 32.2. The SMILES string of the molecule is CC/C=C\C/C=C\C/C=C\C/C=C\C/C=C\CCCCCCCCCCCCCCCCCC(=O)SCCNC(=O)CCNC(=O)[C@H](O)C(C)(C)COP(=O)(O)OP(=O)(O)OC[C@H]1O[C@@H](n2cnc3c(N)ncnc32)[C@H](O)[C@@H]1OP(=O)(O)O. The number of hydrogen-bond acceptors (Lipinski definition) is 18. The van der Waals surface area contributed by atoms with Gasteiger partial charge in [-0.25, -0.2) is 28.6 Å². The zero-order chi connectivity index (χ0) is 61.0. The number of ether oxygens (including phenoxy) is 1. The number of phosphoric ester groups is 3. The number of aromatic nitrogens is 4. The summed E-state index contributed by atoms with van der Waals surface area (Å²) in [6.45, 7) is 2.73.